The van der Waals surface area contributed by atoms with Gasteiger partial charge in [0.05, 0.1) is 0 Å². The van der Waals surface area contributed by atoms with Crippen molar-refractivity contribution in [2.45, 2.75) is 6.92 Å². The molecule has 0 aromatic carbocycles. The lowest BCUT2D eigenvalue weighted by molar-refractivity contribution is 1.00. The molecule has 0 bridgehead atoms. The molecular weight excluding hydrogens is 86.1 g/mol. The average Bonchev–Trinajstić information content (AvgIpc) is 2.14. The van der Waals surface area contributed by atoms with E-state index in [0.29, 0.717) is 0 Å². The van der Waals surface area contributed by atoms with Gasteiger partial charge in [-0.25, -0.2) is 0 Å². The molecule has 0 atom stereocenters. The Morgan fingerprint density at radius 3 is 3.00 bits per heavy atom. The molecule has 0 aromatic rings. The van der Waals surface area contributed by atoms with Crippen LogP contribution in [0.5, 0.6) is 0 Å². The van der Waals surface area contributed by atoms with E-state index in [9.17, 15) is 0 Å². The first kappa shape index (κ1) is 4.44. The van der Waals surface area contributed by atoms with Crippen molar-refractivity contribution in [1.29, 1.82) is 0 Å². The summed E-state index contributed by atoms with van der Waals surface area (Å²) in [6, 6.07) is 0. The molecule has 38 valence electrons. The summed E-state index contributed by atoms with van der Waals surface area (Å²) in [5.74, 6) is 0. The van der Waals surface area contributed by atoms with E-state index in [1.165, 1.54) is 5.57 Å². The topological polar surface area (TPSA) is 12.0 Å². The molecule has 1 heteroatoms. The van der Waals surface area contributed by atoms with Gasteiger partial charge in [0.15, 0.2) is 0 Å². The van der Waals surface area contributed by atoms with Crippen molar-refractivity contribution in [1.82, 2.24) is 5.32 Å². The van der Waals surface area contributed by atoms with Crippen molar-refractivity contribution < 1.29 is 0 Å². The Kier molecular flexibility index (Phi) is 1.16. The van der Waals surface area contributed by atoms with Crippen LogP contribution in [0.4, 0.5) is 0 Å². The van der Waals surface area contributed by atoms with E-state index in [0.717, 1.165) is 6.54 Å². The number of allylic oxidation sites excluding steroid dienone is 1. The first-order chi connectivity index (χ1) is 3.43. The third-order valence-corrected chi connectivity index (χ3v) is 1.09. The Labute approximate surface area is 43.7 Å². The molecule has 0 unspecified atom stereocenters. The number of nitrogens with one attached hydrogen (secondary N) is 1. The van der Waals surface area contributed by atoms with E-state index in [1.54, 1.807) is 0 Å². The van der Waals surface area contributed by atoms with Crippen molar-refractivity contribution in [2.24, 2.45) is 0 Å². The van der Waals surface area contributed by atoms with Gasteiger partial charge in [-0.1, -0.05) is 6.08 Å². The van der Waals surface area contributed by atoms with Crippen LogP contribution in [-0.2, 0) is 0 Å². The highest BCUT2D eigenvalue weighted by atomic mass is 14.8. The predicted octanol–water partition coefficient (Wildman–Crippen LogP) is 1.05. The monoisotopic (exact) mass is 95.1 g/mol. The second-order valence-electron chi connectivity index (χ2n) is 1.58. The molecule has 1 heterocycles. The molecular formula is C6H9N. The van der Waals surface area contributed by atoms with Crippen LogP contribution < -0.4 is 5.32 Å². The minimum absolute atomic E-state index is 1.01. The summed E-state index contributed by atoms with van der Waals surface area (Å²) in [5, 5.41) is 3.07. The van der Waals surface area contributed by atoms with E-state index in [1.807, 2.05) is 13.1 Å². The highest BCUT2D eigenvalue weighted by molar-refractivity contribution is 5.23. The van der Waals surface area contributed by atoms with Crippen LogP contribution in [0.25, 0.3) is 0 Å². The lowest BCUT2D eigenvalue weighted by Gasteiger charge is -1.86. The maximum absolute atomic E-state index is 3.07. The average molecular weight is 95.1 g/mol. The van der Waals surface area contributed by atoms with Gasteiger partial charge in [-0.3, -0.25) is 0 Å². The van der Waals surface area contributed by atoms with Gasteiger partial charge in [-0.2, -0.15) is 0 Å². The highest BCUT2D eigenvalue weighted by Crippen LogP contribution is 1.98. The van der Waals surface area contributed by atoms with Gasteiger partial charge < -0.3 is 5.32 Å². The zero-order valence-electron chi connectivity index (χ0n) is 4.44. The molecule has 0 aliphatic carbocycles. The third kappa shape index (κ3) is 0.829. The van der Waals surface area contributed by atoms with Crippen LogP contribution in [0, 0.1) is 0 Å². The predicted molar refractivity (Wildman–Crippen MR) is 30.9 cm³/mol. The van der Waals surface area contributed by atoms with Gasteiger partial charge in [0, 0.05) is 6.54 Å². The second-order valence-corrected chi connectivity index (χ2v) is 1.58. The molecule has 1 nitrogen and oxygen atoms in total. The minimum atomic E-state index is 1.01. The van der Waals surface area contributed by atoms with E-state index < -0.39 is 0 Å². The molecule has 7 heavy (non-hydrogen) atoms. The molecule has 0 saturated heterocycles. The maximum Gasteiger partial charge on any atom is 0.0392 e. The van der Waals surface area contributed by atoms with Crippen molar-refractivity contribution in [3.63, 3.8) is 0 Å². The molecule has 0 fully saturated rings. The van der Waals surface area contributed by atoms with Crippen LogP contribution >= 0.6 is 0 Å². The normalized spacial score (nSPS) is 23.3. The summed E-state index contributed by atoms with van der Waals surface area (Å²) < 4.78 is 0. The summed E-state index contributed by atoms with van der Waals surface area (Å²) in [6.07, 6.45) is 6.16. The van der Waals surface area contributed by atoms with E-state index in [4.69, 9.17) is 0 Å². The second kappa shape index (κ2) is 1.82. The lowest BCUT2D eigenvalue weighted by atomic mass is 10.3. The summed E-state index contributed by atoms with van der Waals surface area (Å²) in [7, 11) is 0. The lowest BCUT2D eigenvalue weighted by Crippen LogP contribution is -1.99. The van der Waals surface area contributed by atoms with Crippen molar-refractivity contribution in [3.05, 3.63) is 23.9 Å². The van der Waals surface area contributed by atoms with Crippen LogP contribution in [0.3, 0.4) is 0 Å². The fraction of sp³-hybridized carbons (Fsp3) is 0.333. The fourth-order valence-electron chi connectivity index (χ4n) is 0.600. The molecule has 0 saturated carbocycles. The molecule has 0 amide bonds. The number of hydrogen-bond acceptors (Lipinski definition) is 1. The van der Waals surface area contributed by atoms with Crippen molar-refractivity contribution >= 4 is 0 Å². The zero-order chi connectivity index (χ0) is 5.11. The zero-order valence-corrected chi connectivity index (χ0v) is 4.44. The number of rotatable bonds is 0. The standard InChI is InChI=1S/C6H9N/c1-2-6-3-4-7-5-6/h2-4,7H,5H2,1H3/b6-2-. The Balaban J connectivity index is 2.59. The third-order valence-electron chi connectivity index (χ3n) is 1.09. The minimum Gasteiger partial charge on any atom is -0.387 e. The summed E-state index contributed by atoms with van der Waals surface area (Å²) in [5.41, 5.74) is 1.38. The summed E-state index contributed by atoms with van der Waals surface area (Å²) >= 11 is 0. The molecule has 0 aromatic heterocycles. The van der Waals surface area contributed by atoms with E-state index in [-0.39, 0.29) is 0 Å². The van der Waals surface area contributed by atoms with Gasteiger partial charge in [-0.15, -0.1) is 0 Å². The first-order valence-electron chi connectivity index (χ1n) is 2.48. The van der Waals surface area contributed by atoms with Crippen LogP contribution in [0.1, 0.15) is 6.92 Å². The Morgan fingerprint density at radius 2 is 2.71 bits per heavy atom. The van der Waals surface area contributed by atoms with Gasteiger partial charge >= 0.3 is 0 Å². The molecule has 1 rings (SSSR count). The van der Waals surface area contributed by atoms with Crippen molar-refractivity contribution in [2.75, 3.05) is 6.54 Å². The molecule has 1 aliphatic heterocycles. The summed E-state index contributed by atoms with van der Waals surface area (Å²) in [6.45, 7) is 3.06. The van der Waals surface area contributed by atoms with E-state index in [2.05, 4.69) is 17.5 Å². The largest absolute Gasteiger partial charge is 0.387 e. The smallest absolute Gasteiger partial charge is 0.0392 e. The van der Waals surface area contributed by atoms with Gasteiger partial charge in [0.2, 0.25) is 0 Å². The number of hydrogen-bond donors (Lipinski definition) is 1. The molecule has 0 radical (unpaired) electrons. The van der Waals surface area contributed by atoms with Crippen molar-refractivity contribution in [3.8, 4) is 0 Å². The Hall–Kier alpha value is -0.720. The van der Waals surface area contributed by atoms with Gasteiger partial charge in [0.1, 0.15) is 0 Å². The Bertz CT molecular complexity index is 109. The molecule has 1 N–H and O–H groups in total. The summed E-state index contributed by atoms with van der Waals surface area (Å²) in [4.78, 5) is 0. The Morgan fingerprint density at radius 1 is 1.86 bits per heavy atom. The van der Waals surface area contributed by atoms with Crippen LogP contribution in [-0.4, -0.2) is 6.54 Å². The van der Waals surface area contributed by atoms with E-state index >= 15 is 0 Å². The first-order valence-corrected chi connectivity index (χ1v) is 2.48. The maximum atomic E-state index is 3.07. The van der Waals surface area contributed by atoms with Gasteiger partial charge in [0.25, 0.3) is 0 Å². The van der Waals surface area contributed by atoms with Crippen LogP contribution in [0.2, 0.25) is 0 Å². The quantitative estimate of drug-likeness (QED) is 0.474. The van der Waals surface area contributed by atoms with Gasteiger partial charge in [-0.05, 0) is 24.8 Å². The fourth-order valence-corrected chi connectivity index (χ4v) is 0.600. The highest BCUT2D eigenvalue weighted by Gasteiger charge is 1.92. The molecule has 1 aliphatic rings. The SMILES string of the molecule is C/C=C1/C=CNC1. The molecule has 0 spiro atoms. The van der Waals surface area contributed by atoms with Crippen LogP contribution in [0.15, 0.2) is 23.9 Å².